The molecular weight excluding hydrogens is 270 g/mol. The number of nitrogens with one attached hydrogen (secondary N) is 2. The number of nitrogens with zero attached hydrogens (tertiary/aromatic N) is 1. The van der Waals surface area contributed by atoms with E-state index in [-0.39, 0.29) is 12.3 Å². The van der Waals surface area contributed by atoms with Gasteiger partial charge in [-0.25, -0.2) is 9.78 Å². The largest absolute Gasteiger partial charge is 0.480 e. The lowest BCUT2D eigenvalue weighted by atomic mass is 10.1. The van der Waals surface area contributed by atoms with E-state index < -0.39 is 12.0 Å². The van der Waals surface area contributed by atoms with E-state index in [9.17, 15) is 9.59 Å². The minimum absolute atomic E-state index is 0.197. The topological polar surface area (TPSA) is 95.1 Å². The summed E-state index contributed by atoms with van der Waals surface area (Å²) < 4.78 is 0. The molecule has 6 nitrogen and oxygen atoms in total. The van der Waals surface area contributed by atoms with E-state index in [0.29, 0.717) is 12.1 Å². The number of carboxylic acids is 1. The predicted molar refractivity (Wildman–Crippen MR) is 79.9 cm³/mol. The Morgan fingerprint density at radius 3 is 2.62 bits per heavy atom. The molecule has 118 valence electrons. The summed E-state index contributed by atoms with van der Waals surface area (Å²) in [6.45, 7) is 2.17. The Balaban J connectivity index is 2.24. The summed E-state index contributed by atoms with van der Waals surface area (Å²) in [6.07, 6.45) is 10.3. The highest BCUT2D eigenvalue weighted by Crippen LogP contribution is 2.07. The van der Waals surface area contributed by atoms with Crippen molar-refractivity contribution in [1.82, 2.24) is 15.3 Å². The van der Waals surface area contributed by atoms with E-state index >= 15 is 0 Å². The zero-order valence-corrected chi connectivity index (χ0v) is 12.6. The molecule has 1 rings (SSSR count). The van der Waals surface area contributed by atoms with Gasteiger partial charge in [0.2, 0.25) is 5.91 Å². The molecule has 0 unspecified atom stereocenters. The number of aliphatic carboxylic acids is 1. The van der Waals surface area contributed by atoms with Gasteiger partial charge in [0, 0.05) is 24.7 Å². The fraction of sp³-hybridized carbons (Fsp3) is 0.667. The van der Waals surface area contributed by atoms with Crippen LogP contribution in [0.1, 0.15) is 57.6 Å². The van der Waals surface area contributed by atoms with Crippen molar-refractivity contribution in [3.05, 3.63) is 18.2 Å². The van der Waals surface area contributed by atoms with Crippen molar-refractivity contribution in [1.29, 1.82) is 0 Å². The highest BCUT2D eigenvalue weighted by Gasteiger charge is 2.20. The van der Waals surface area contributed by atoms with E-state index in [0.717, 1.165) is 19.3 Å². The number of hydrogen-bond acceptors (Lipinski definition) is 3. The summed E-state index contributed by atoms with van der Waals surface area (Å²) >= 11 is 0. The molecule has 0 aliphatic carbocycles. The maximum absolute atomic E-state index is 11.8. The van der Waals surface area contributed by atoms with E-state index in [1.807, 2.05) is 0 Å². The highest BCUT2D eigenvalue weighted by atomic mass is 16.4. The number of aromatic amines is 1. The molecule has 1 aromatic heterocycles. The number of carboxylic acid groups (broad SMARTS) is 1. The van der Waals surface area contributed by atoms with Crippen LogP contribution in [-0.4, -0.2) is 33.0 Å². The number of imidazole rings is 1. The van der Waals surface area contributed by atoms with Crippen molar-refractivity contribution in [2.24, 2.45) is 0 Å². The van der Waals surface area contributed by atoms with Crippen LogP contribution in [0.3, 0.4) is 0 Å². The standard InChI is InChI=1S/C15H25N3O3/c1-2-3-4-5-6-7-8-14(19)18-13(15(20)21)9-12-10-16-11-17-12/h10-11,13H,2-9H2,1H3,(H,16,17)(H,18,19)(H,20,21)/t13-/m1/s1. The average molecular weight is 295 g/mol. The number of aromatic nitrogens is 2. The molecule has 0 bridgehead atoms. The smallest absolute Gasteiger partial charge is 0.326 e. The lowest BCUT2D eigenvalue weighted by Crippen LogP contribution is -2.42. The number of carbonyl (C=O) groups is 2. The van der Waals surface area contributed by atoms with Crippen molar-refractivity contribution in [3.63, 3.8) is 0 Å². The third kappa shape index (κ3) is 7.48. The maximum atomic E-state index is 11.8. The van der Waals surface area contributed by atoms with E-state index in [2.05, 4.69) is 22.2 Å². The molecule has 0 spiro atoms. The van der Waals surface area contributed by atoms with Crippen molar-refractivity contribution >= 4 is 11.9 Å². The molecule has 3 N–H and O–H groups in total. The summed E-state index contributed by atoms with van der Waals surface area (Å²) in [4.78, 5) is 29.6. The van der Waals surface area contributed by atoms with Gasteiger partial charge in [0.1, 0.15) is 6.04 Å². The van der Waals surface area contributed by atoms with Crippen LogP contribution in [0.4, 0.5) is 0 Å². The second-order valence-corrected chi connectivity index (χ2v) is 5.26. The molecule has 0 aliphatic rings. The van der Waals surface area contributed by atoms with Gasteiger partial charge >= 0.3 is 5.97 Å². The molecule has 1 heterocycles. The van der Waals surface area contributed by atoms with E-state index in [4.69, 9.17) is 5.11 Å². The molecule has 0 radical (unpaired) electrons. The SMILES string of the molecule is CCCCCCCCC(=O)N[C@H](Cc1cnc[nH]1)C(=O)O. The van der Waals surface area contributed by atoms with Gasteiger partial charge in [0.15, 0.2) is 0 Å². The van der Waals surface area contributed by atoms with Crippen LogP contribution < -0.4 is 5.32 Å². The van der Waals surface area contributed by atoms with Crippen LogP contribution in [0, 0.1) is 0 Å². The second-order valence-electron chi connectivity index (χ2n) is 5.26. The second kappa shape index (κ2) is 9.96. The molecule has 1 aromatic rings. The predicted octanol–water partition coefficient (Wildman–Crippen LogP) is 2.27. The Bertz CT molecular complexity index is 418. The zero-order valence-electron chi connectivity index (χ0n) is 12.6. The van der Waals surface area contributed by atoms with Crippen LogP contribution >= 0.6 is 0 Å². The molecule has 1 atom stereocenters. The van der Waals surface area contributed by atoms with Gasteiger partial charge in [-0.2, -0.15) is 0 Å². The molecule has 0 saturated heterocycles. The van der Waals surface area contributed by atoms with Crippen LogP contribution in [0.15, 0.2) is 12.5 Å². The highest BCUT2D eigenvalue weighted by molar-refractivity contribution is 5.83. The minimum atomic E-state index is -1.03. The molecule has 0 aliphatic heterocycles. The molecule has 1 amide bonds. The first-order valence-electron chi connectivity index (χ1n) is 7.63. The molecule has 21 heavy (non-hydrogen) atoms. The Labute approximate surface area is 125 Å². The van der Waals surface area contributed by atoms with Gasteiger partial charge in [-0.15, -0.1) is 0 Å². The zero-order chi connectivity index (χ0) is 15.5. The monoisotopic (exact) mass is 295 g/mol. The average Bonchev–Trinajstić information content (AvgIpc) is 2.95. The first-order chi connectivity index (χ1) is 10.1. The van der Waals surface area contributed by atoms with Crippen molar-refractivity contribution in [3.8, 4) is 0 Å². The summed E-state index contributed by atoms with van der Waals surface area (Å²) in [5.74, 6) is -1.22. The van der Waals surface area contributed by atoms with Gasteiger partial charge in [0.25, 0.3) is 0 Å². The number of amides is 1. The third-order valence-electron chi connectivity index (χ3n) is 3.37. The Morgan fingerprint density at radius 1 is 1.29 bits per heavy atom. The minimum Gasteiger partial charge on any atom is -0.480 e. The fourth-order valence-corrected chi connectivity index (χ4v) is 2.15. The third-order valence-corrected chi connectivity index (χ3v) is 3.37. The Kier molecular flexibility index (Phi) is 8.16. The van der Waals surface area contributed by atoms with Crippen molar-refractivity contribution < 1.29 is 14.7 Å². The lowest BCUT2D eigenvalue weighted by Gasteiger charge is -2.13. The van der Waals surface area contributed by atoms with Crippen LogP contribution in [0.25, 0.3) is 0 Å². The van der Waals surface area contributed by atoms with Gasteiger partial charge in [-0.1, -0.05) is 39.0 Å². The fourth-order valence-electron chi connectivity index (χ4n) is 2.15. The van der Waals surface area contributed by atoms with Crippen LogP contribution in [-0.2, 0) is 16.0 Å². The molecule has 0 fully saturated rings. The number of rotatable bonds is 11. The first kappa shape index (κ1) is 17.2. The van der Waals surface area contributed by atoms with E-state index in [1.54, 1.807) is 6.20 Å². The number of H-pyrrole nitrogens is 1. The first-order valence-corrected chi connectivity index (χ1v) is 7.63. The summed E-state index contributed by atoms with van der Waals surface area (Å²) in [5.41, 5.74) is 0.697. The van der Waals surface area contributed by atoms with Crippen LogP contribution in [0.2, 0.25) is 0 Å². The van der Waals surface area contributed by atoms with Crippen LogP contribution in [0.5, 0.6) is 0 Å². The van der Waals surface area contributed by atoms with Gasteiger partial charge < -0.3 is 15.4 Å². The summed E-state index contributed by atoms with van der Waals surface area (Å²) in [6, 6.07) is -0.905. The Hall–Kier alpha value is -1.85. The summed E-state index contributed by atoms with van der Waals surface area (Å²) in [5, 5.41) is 11.7. The van der Waals surface area contributed by atoms with E-state index in [1.165, 1.54) is 25.6 Å². The summed E-state index contributed by atoms with van der Waals surface area (Å²) in [7, 11) is 0. The van der Waals surface area contributed by atoms with Gasteiger partial charge in [-0.3, -0.25) is 4.79 Å². The molecule has 0 saturated carbocycles. The molecule has 0 aromatic carbocycles. The number of hydrogen-bond donors (Lipinski definition) is 3. The lowest BCUT2D eigenvalue weighted by molar-refractivity contribution is -0.141. The van der Waals surface area contributed by atoms with Gasteiger partial charge in [-0.05, 0) is 6.42 Å². The number of unbranched alkanes of at least 4 members (excludes halogenated alkanes) is 5. The molecule has 6 heteroatoms. The van der Waals surface area contributed by atoms with Crippen molar-refractivity contribution in [2.45, 2.75) is 64.3 Å². The van der Waals surface area contributed by atoms with Crippen molar-refractivity contribution in [2.75, 3.05) is 0 Å². The normalized spacial score (nSPS) is 12.0. The number of carbonyl (C=O) groups excluding carboxylic acids is 1. The maximum Gasteiger partial charge on any atom is 0.326 e. The van der Waals surface area contributed by atoms with Gasteiger partial charge in [0.05, 0.1) is 6.33 Å². The quantitative estimate of drug-likeness (QED) is 0.546. The Morgan fingerprint density at radius 2 is 2.00 bits per heavy atom. The molecular formula is C15H25N3O3.